The van der Waals surface area contributed by atoms with E-state index >= 15 is 0 Å². The highest BCUT2D eigenvalue weighted by Gasteiger charge is 2.43. The van der Waals surface area contributed by atoms with Gasteiger partial charge in [0, 0.05) is 28.4 Å². The minimum absolute atomic E-state index is 0.173. The molecule has 54 heavy (non-hydrogen) atoms. The van der Waals surface area contributed by atoms with Gasteiger partial charge in [-0.25, -0.2) is 0 Å². The lowest BCUT2D eigenvalue weighted by molar-refractivity contribution is 0.725. The molecule has 2 nitrogen and oxygen atoms in total. The third-order valence-electron chi connectivity index (χ3n) is 10.6. The van der Waals surface area contributed by atoms with Gasteiger partial charge in [0.1, 0.15) is 0 Å². The molecular formula is C52H46N2. The van der Waals surface area contributed by atoms with Crippen LogP contribution in [0, 0.1) is 0 Å². The summed E-state index contributed by atoms with van der Waals surface area (Å²) in [6.07, 6.45) is 4.79. The Labute approximate surface area is 320 Å². The summed E-state index contributed by atoms with van der Waals surface area (Å²) in [5.41, 5.74) is 16.3. The lowest BCUT2D eigenvalue weighted by Gasteiger charge is -2.31. The van der Waals surface area contributed by atoms with Crippen LogP contribution in [0.5, 0.6) is 0 Å². The smallest absolute Gasteiger partial charge is 0.0637 e. The Balaban J connectivity index is 0.00000100. The molecule has 0 amide bonds. The van der Waals surface area contributed by atoms with Crippen molar-refractivity contribution in [3.8, 4) is 39.1 Å². The molecule has 0 saturated carbocycles. The van der Waals surface area contributed by atoms with Crippen LogP contribution < -0.4 is 4.90 Å². The van der Waals surface area contributed by atoms with Gasteiger partial charge in [-0.05, 0) is 93.0 Å². The number of hydrogen-bond acceptors (Lipinski definition) is 1. The zero-order valence-corrected chi connectivity index (χ0v) is 31.5. The molecule has 264 valence electrons. The Hall–Kier alpha value is -6.38. The first-order chi connectivity index (χ1) is 26.8. The molecule has 0 spiro atoms. The van der Waals surface area contributed by atoms with Crippen molar-refractivity contribution in [2.45, 2.75) is 39.7 Å². The summed E-state index contributed by atoms with van der Waals surface area (Å²) in [4.78, 5) is 2.55. The summed E-state index contributed by atoms with van der Waals surface area (Å²) < 4.78 is 2.45. The topological polar surface area (TPSA) is 8.17 Å². The molecule has 2 unspecified atom stereocenters. The minimum Gasteiger partial charge on any atom is -0.333 e. The zero-order valence-electron chi connectivity index (χ0n) is 31.5. The van der Waals surface area contributed by atoms with Crippen molar-refractivity contribution in [2.24, 2.45) is 0 Å². The Morgan fingerprint density at radius 2 is 0.926 bits per heavy atom. The standard InChI is InChI=1S/C48H34N2.2C2H6/c1-3-12-33(13-4-1)35-22-26-39(27-23-35)49-43-20-9-7-18-41(43)47-45(49)30-31-46-48(47)42-19-8-10-21-44(42)50(46)40-28-24-36(25-29-40)38-17-11-16-37(32-38)34-14-5-2-6-15-34;2*1-2/h1-32,46,48H;2*1-2H3. The fourth-order valence-corrected chi connectivity index (χ4v) is 8.30. The Bertz CT molecular complexity index is 2520. The summed E-state index contributed by atoms with van der Waals surface area (Å²) in [6.45, 7) is 8.00. The van der Waals surface area contributed by atoms with E-state index in [-0.39, 0.29) is 12.0 Å². The quantitative estimate of drug-likeness (QED) is 0.174. The molecule has 2 heteroatoms. The van der Waals surface area contributed by atoms with Crippen molar-refractivity contribution in [3.63, 3.8) is 0 Å². The summed E-state index contributed by atoms with van der Waals surface area (Å²) in [5, 5.41) is 1.32. The van der Waals surface area contributed by atoms with Crippen molar-refractivity contribution in [1.29, 1.82) is 0 Å². The molecule has 1 aliphatic heterocycles. The fourth-order valence-electron chi connectivity index (χ4n) is 8.30. The van der Waals surface area contributed by atoms with Gasteiger partial charge >= 0.3 is 0 Å². The number of fused-ring (bicyclic) bond motifs is 7. The minimum atomic E-state index is 0.173. The van der Waals surface area contributed by atoms with E-state index in [0.29, 0.717) is 0 Å². The number of hydrogen-bond donors (Lipinski definition) is 0. The second-order valence-corrected chi connectivity index (χ2v) is 13.3. The van der Waals surface area contributed by atoms with Gasteiger partial charge in [0.2, 0.25) is 0 Å². The van der Waals surface area contributed by atoms with Gasteiger partial charge in [-0.3, -0.25) is 0 Å². The average molecular weight is 699 g/mol. The van der Waals surface area contributed by atoms with E-state index in [0.717, 1.165) is 0 Å². The third-order valence-corrected chi connectivity index (χ3v) is 10.6. The molecule has 0 bridgehead atoms. The number of benzene rings is 7. The van der Waals surface area contributed by atoms with Crippen LogP contribution in [0.1, 0.15) is 50.4 Å². The molecule has 0 radical (unpaired) electrons. The molecule has 8 aromatic rings. The van der Waals surface area contributed by atoms with Crippen LogP contribution in [0.15, 0.2) is 188 Å². The van der Waals surface area contributed by atoms with E-state index in [1.807, 2.05) is 27.7 Å². The van der Waals surface area contributed by atoms with Gasteiger partial charge in [-0.1, -0.05) is 173 Å². The maximum atomic E-state index is 2.55. The first-order valence-electron chi connectivity index (χ1n) is 19.4. The van der Waals surface area contributed by atoms with E-state index < -0.39 is 0 Å². The zero-order chi connectivity index (χ0) is 37.0. The van der Waals surface area contributed by atoms with Crippen molar-refractivity contribution < 1.29 is 0 Å². The monoisotopic (exact) mass is 698 g/mol. The van der Waals surface area contributed by atoms with Crippen LogP contribution in [0.3, 0.4) is 0 Å². The normalized spacial score (nSPS) is 14.9. The molecule has 1 aliphatic carbocycles. The molecular weight excluding hydrogens is 653 g/mol. The van der Waals surface area contributed by atoms with Crippen LogP contribution in [-0.2, 0) is 0 Å². The first kappa shape index (κ1) is 34.7. The molecule has 0 saturated heterocycles. The second kappa shape index (κ2) is 15.3. The van der Waals surface area contributed by atoms with Crippen LogP contribution in [0.2, 0.25) is 0 Å². The Morgan fingerprint density at radius 1 is 0.426 bits per heavy atom. The van der Waals surface area contributed by atoms with Gasteiger partial charge in [0.15, 0.2) is 0 Å². The third kappa shape index (κ3) is 6.04. The van der Waals surface area contributed by atoms with E-state index in [2.05, 4.69) is 204 Å². The summed E-state index contributed by atoms with van der Waals surface area (Å²) in [5.74, 6) is 0.211. The van der Waals surface area contributed by atoms with Gasteiger partial charge < -0.3 is 9.47 Å². The number of rotatable bonds is 5. The molecule has 0 N–H and O–H groups in total. The Morgan fingerprint density at radius 3 is 1.59 bits per heavy atom. The Kier molecular flexibility index (Phi) is 9.83. The molecule has 0 fully saturated rings. The highest BCUT2D eigenvalue weighted by molar-refractivity contribution is 5.94. The lowest BCUT2D eigenvalue weighted by Crippen LogP contribution is -2.30. The predicted octanol–water partition coefficient (Wildman–Crippen LogP) is 14.4. The van der Waals surface area contributed by atoms with E-state index in [1.54, 1.807) is 0 Å². The number of para-hydroxylation sites is 2. The van der Waals surface area contributed by atoms with Gasteiger partial charge in [-0.15, -0.1) is 0 Å². The largest absolute Gasteiger partial charge is 0.333 e. The number of nitrogens with zero attached hydrogens (tertiary/aromatic N) is 2. The second-order valence-electron chi connectivity index (χ2n) is 13.3. The van der Waals surface area contributed by atoms with Gasteiger partial charge in [0.05, 0.1) is 17.3 Å². The van der Waals surface area contributed by atoms with Crippen LogP contribution >= 0.6 is 0 Å². The van der Waals surface area contributed by atoms with Crippen molar-refractivity contribution in [1.82, 2.24) is 4.57 Å². The lowest BCUT2D eigenvalue weighted by atomic mass is 9.82. The molecule has 2 atom stereocenters. The summed E-state index contributed by atoms with van der Waals surface area (Å²) in [6, 6.07) is 66.3. The average Bonchev–Trinajstić information content (AvgIpc) is 3.79. The molecule has 10 rings (SSSR count). The van der Waals surface area contributed by atoms with Crippen LogP contribution in [0.4, 0.5) is 11.4 Å². The van der Waals surface area contributed by atoms with Crippen LogP contribution in [-0.4, -0.2) is 10.6 Å². The molecule has 2 heterocycles. The number of aromatic nitrogens is 1. The molecule has 1 aromatic heterocycles. The summed E-state index contributed by atoms with van der Waals surface area (Å²) in [7, 11) is 0. The maximum absolute atomic E-state index is 2.55. The van der Waals surface area contributed by atoms with E-state index in [1.165, 1.54) is 78.2 Å². The maximum Gasteiger partial charge on any atom is 0.0637 e. The van der Waals surface area contributed by atoms with Crippen molar-refractivity contribution in [3.05, 3.63) is 205 Å². The fraction of sp³-hybridized carbons (Fsp3) is 0.115. The molecule has 2 aliphatic rings. The SMILES string of the molecule is C1=CC2C(c3ccccc3N2c2ccc(-c3cccc(-c4ccccc4)c3)cc2)c2c1n(-c1ccc(-c3ccccc3)cc1)c1ccccc21.CC.CC. The van der Waals surface area contributed by atoms with Gasteiger partial charge in [0.25, 0.3) is 0 Å². The van der Waals surface area contributed by atoms with E-state index in [9.17, 15) is 0 Å². The highest BCUT2D eigenvalue weighted by atomic mass is 15.2. The van der Waals surface area contributed by atoms with Gasteiger partial charge in [-0.2, -0.15) is 0 Å². The molecule has 7 aromatic carbocycles. The van der Waals surface area contributed by atoms with Crippen molar-refractivity contribution >= 4 is 28.4 Å². The summed E-state index contributed by atoms with van der Waals surface area (Å²) >= 11 is 0. The van der Waals surface area contributed by atoms with E-state index in [4.69, 9.17) is 0 Å². The van der Waals surface area contributed by atoms with Crippen molar-refractivity contribution in [2.75, 3.05) is 4.90 Å². The number of anilines is 2. The first-order valence-corrected chi connectivity index (χ1v) is 19.4. The predicted molar refractivity (Wildman–Crippen MR) is 232 cm³/mol. The highest BCUT2D eigenvalue weighted by Crippen LogP contribution is 2.54. The van der Waals surface area contributed by atoms with Crippen LogP contribution in [0.25, 0.3) is 56.0 Å².